The van der Waals surface area contributed by atoms with E-state index in [1.165, 1.54) is 0 Å². The van der Waals surface area contributed by atoms with Crippen LogP contribution in [-0.2, 0) is 9.59 Å². The fraction of sp³-hybridized carbons (Fsp3) is 0.467. The molecule has 0 fully saturated rings. The molecule has 2 rings (SSSR count). The van der Waals surface area contributed by atoms with Crippen molar-refractivity contribution in [2.75, 3.05) is 50.6 Å². The smallest absolute Gasteiger partial charge is 0.305 e. The lowest BCUT2D eigenvalue weighted by atomic mass is 10.2. The normalized spacial score (nSPS) is 13.8. The first-order valence-electron chi connectivity index (χ1n) is 7.15. The largest absolute Gasteiger partial charge is 0.482 e. The van der Waals surface area contributed by atoms with Crippen LogP contribution in [0.4, 0.5) is 11.4 Å². The van der Waals surface area contributed by atoms with Crippen LogP contribution in [0.5, 0.6) is 5.75 Å². The highest BCUT2D eigenvalue weighted by atomic mass is 16.5. The van der Waals surface area contributed by atoms with Crippen molar-refractivity contribution in [2.24, 2.45) is 0 Å². The van der Waals surface area contributed by atoms with Crippen molar-refractivity contribution in [1.82, 2.24) is 4.90 Å². The number of carbonyl (C=O) groups is 2. The predicted molar refractivity (Wildman–Crippen MR) is 83.6 cm³/mol. The Bertz CT molecular complexity index is 560. The van der Waals surface area contributed by atoms with Crippen molar-refractivity contribution < 1.29 is 19.4 Å². The second kappa shape index (κ2) is 7.13. The Kier molecular flexibility index (Phi) is 5.21. The van der Waals surface area contributed by atoms with Crippen LogP contribution in [0, 0.1) is 0 Å². The van der Waals surface area contributed by atoms with Crippen LogP contribution in [0.25, 0.3) is 0 Å². The van der Waals surface area contributed by atoms with Gasteiger partial charge in [-0.05, 0) is 32.3 Å². The van der Waals surface area contributed by atoms with Crippen LogP contribution < -0.4 is 15.0 Å². The summed E-state index contributed by atoms with van der Waals surface area (Å²) in [6, 6.07) is 5.44. The summed E-state index contributed by atoms with van der Waals surface area (Å²) in [6.45, 7) is 1.72. The third-order valence-electron chi connectivity index (χ3n) is 3.34. The number of carboxylic acids is 1. The quantitative estimate of drug-likeness (QED) is 0.777. The highest BCUT2D eigenvalue weighted by Gasteiger charge is 2.25. The number of carboxylic acid groups (broad SMARTS) is 1. The number of hydrogen-bond donors (Lipinski definition) is 2. The number of carbonyl (C=O) groups excluding carboxylic acids is 1. The standard InChI is InChI=1S/C15H21N3O4/c1-17(2)7-8-18-12-9-11(16-6-5-15(20)21)3-4-13(12)22-10-14(18)19/h3-4,9,16H,5-8,10H2,1-2H3,(H,20,21). The first-order chi connectivity index (χ1) is 10.5. The van der Waals surface area contributed by atoms with Gasteiger partial charge in [-0.15, -0.1) is 0 Å². The van der Waals surface area contributed by atoms with Crippen LogP contribution in [0.2, 0.25) is 0 Å². The van der Waals surface area contributed by atoms with Crippen molar-refractivity contribution in [3.05, 3.63) is 18.2 Å². The number of amides is 1. The maximum Gasteiger partial charge on any atom is 0.305 e. The van der Waals surface area contributed by atoms with E-state index in [-0.39, 0.29) is 18.9 Å². The first-order valence-corrected chi connectivity index (χ1v) is 7.15. The number of nitrogens with one attached hydrogen (secondary N) is 1. The van der Waals surface area contributed by atoms with Gasteiger partial charge in [0, 0.05) is 25.3 Å². The molecular weight excluding hydrogens is 286 g/mol. The Morgan fingerprint density at radius 2 is 2.23 bits per heavy atom. The maximum atomic E-state index is 12.1. The van der Waals surface area contributed by atoms with E-state index in [1.54, 1.807) is 11.0 Å². The zero-order valence-corrected chi connectivity index (χ0v) is 12.8. The predicted octanol–water partition coefficient (Wildman–Crippen LogP) is 0.860. The van der Waals surface area contributed by atoms with Crippen molar-refractivity contribution in [2.45, 2.75) is 6.42 Å². The molecule has 22 heavy (non-hydrogen) atoms. The van der Waals surface area contributed by atoms with Crippen molar-refractivity contribution in [3.8, 4) is 5.75 Å². The van der Waals surface area contributed by atoms with Gasteiger partial charge in [0.25, 0.3) is 5.91 Å². The Hall–Kier alpha value is -2.28. The number of rotatable bonds is 7. The number of nitrogens with zero attached hydrogens (tertiary/aromatic N) is 2. The SMILES string of the molecule is CN(C)CCN1C(=O)COc2ccc(NCCC(=O)O)cc21. The van der Waals surface area contributed by atoms with Gasteiger partial charge in [-0.2, -0.15) is 0 Å². The van der Waals surface area contributed by atoms with E-state index < -0.39 is 5.97 Å². The van der Waals surface area contributed by atoms with E-state index in [2.05, 4.69) is 5.32 Å². The molecule has 1 amide bonds. The fourth-order valence-electron chi connectivity index (χ4n) is 2.17. The summed E-state index contributed by atoms with van der Waals surface area (Å²) in [5.74, 6) is -0.254. The van der Waals surface area contributed by atoms with E-state index in [4.69, 9.17) is 9.84 Å². The summed E-state index contributed by atoms with van der Waals surface area (Å²) >= 11 is 0. The molecule has 7 heteroatoms. The third kappa shape index (κ3) is 4.11. The van der Waals surface area contributed by atoms with Gasteiger partial charge in [-0.3, -0.25) is 9.59 Å². The van der Waals surface area contributed by atoms with Crippen molar-refractivity contribution in [1.29, 1.82) is 0 Å². The van der Waals surface area contributed by atoms with E-state index in [0.717, 1.165) is 17.9 Å². The zero-order valence-electron chi connectivity index (χ0n) is 12.8. The molecule has 1 heterocycles. The summed E-state index contributed by atoms with van der Waals surface area (Å²) < 4.78 is 5.44. The van der Waals surface area contributed by atoms with Crippen molar-refractivity contribution >= 4 is 23.3 Å². The van der Waals surface area contributed by atoms with E-state index >= 15 is 0 Å². The van der Waals surface area contributed by atoms with Gasteiger partial charge in [-0.1, -0.05) is 0 Å². The van der Waals surface area contributed by atoms with Gasteiger partial charge in [0.2, 0.25) is 0 Å². The number of hydrogen-bond acceptors (Lipinski definition) is 5. The molecule has 0 aliphatic carbocycles. The highest BCUT2D eigenvalue weighted by molar-refractivity contribution is 5.98. The molecule has 0 saturated carbocycles. The molecule has 7 nitrogen and oxygen atoms in total. The number of anilines is 2. The molecule has 1 aliphatic rings. The lowest BCUT2D eigenvalue weighted by Gasteiger charge is -2.30. The topological polar surface area (TPSA) is 82.1 Å². The van der Waals surface area contributed by atoms with Crippen molar-refractivity contribution in [3.63, 3.8) is 0 Å². The number of ether oxygens (including phenoxy) is 1. The molecular formula is C15H21N3O4. The van der Waals surface area contributed by atoms with Gasteiger partial charge < -0.3 is 25.0 Å². The van der Waals surface area contributed by atoms with Crippen LogP contribution in [0.15, 0.2) is 18.2 Å². The van der Waals surface area contributed by atoms with Gasteiger partial charge in [-0.25, -0.2) is 0 Å². The average molecular weight is 307 g/mol. The average Bonchev–Trinajstić information content (AvgIpc) is 2.45. The van der Waals surface area contributed by atoms with Crippen LogP contribution in [-0.4, -0.2) is 62.2 Å². The molecule has 1 aromatic rings. The molecule has 0 aromatic heterocycles. The Morgan fingerprint density at radius 1 is 1.45 bits per heavy atom. The summed E-state index contributed by atoms with van der Waals surface area (Å²) in [4.78, 5) is 26.3. The lowest BCUT2D eigenvalue weighted by Crippen LogP contribution is -2.42. The Morgan fingerprint density at radius 3 is 2.91 bits per heavy atom. The van der Waals surface area contributed by atoms with Crippen LogP contribution >= 0.6 is 0 Å². The second-order valence-electron chi connectivity index (χ2n) is 5.39. The minimum Gasteiger partial charge on any atom is -0.482 e. The molecule has 0 atom stereocenters. The minimum atomic E-state index is -0.850. The number of aliphatic carboxylic acids is 1. The summed E-state index contributed by atoms with van der Waals surface area (Å²) in [5.41, 5.74) is 1.49. The van der Waals surface area contributed by atoms with E-state index in [0.29, 0.717) is 18.8 Å². The van der Waals surface area contributed by atoms with Gasteiger partial charge in [0.1, 0.15) is 5.75 Å². The van der Waals surface area contributed by atoms with Gasteiger partial charge in [0.15, 0.2) is 6.61 Å². The minimum absolute atomic E-state index is 0.0386. The molecule has 0 unspecified atom stereocenters. The third-order valence-corrected chi connectivity index (χ3v) is 3.34. The summed E-state index contributed by atoms with van der Waals surface area (Å²) in [7, 11) is 3.91. The molecule has 120 valence electrons. The molecule has 0 spiro atoms. The Balaban J connectivity index is 2.13. The zero-order chi connectivity index (χ0) is 16.1. The molecule has 1 aromatic carbocycles. The van der Waals surface area contributed by atoms with E-state index in [1.807, 2.05) is 31.1 Å². The lowest BCUT2D eigenvalue weighted by molar-refractivity contribution is -0.136. The second-order valence-corrected chi connectivity index (χ2v) is 5.39. The van der Waals surface area contributed by atoms with Crippen LogP contribution in [0.1, 0.15) is 6.42 Å². The fourth-order valence-corrected chi connectivity index (χ4v) is 2.17. The number of benzene rings is 1. The molecule has 2 N–H and O–H groups in total. The first kappa shape index (κ1) is 16.1. The summed E-state index contributed by atoms with van der Waals surface area (Å²) in [5, 5.41) is 11.7. The number of likely N-dealkylation sites (N-methyl/N-ethyl adjacent to an activating group) is 1. The monoisotopic (exact) mass is 307 g/mol. The number of fused-ring (bicyclic) bond motifs is 1. The Labute approximate surface area is 129 Å². The molecule has 0 saturated heterocycles. The van der Waals surface area contributed by atoms with Crippen LogP contribution in [0.3, 0.4) is 0 Å². The van der Waals surface area contributed by atoms with Gasteiger partial charge >= 0.3 is 5.97 Å². The highest BCUT2D eigenvalue weighted by Crippen LogP contribution is 2.34. The molecule has 1 aliphatic heterocycles. The maximum absolute atomic E-state index is 12.1. The van der Waals surface area contributed by atoms with Gasteiger partial charge in [0.05, 0.1) is 12.1 Å². The molecule has 0 radical (unpaired) electrons. The summed E-state index contributed by atoms with van der Waals surface area (Å²) in [6.07, 6.45) is 0.0386. The van der Waals surface area contributed by atoms with E-state index in [9.17, 15) is 9.59 Å². The molecule has 0 bridgehead atoms.